The van der Waals surface area contributed by atoms with Gasteiger partial charge >= 0.3 is 0 Å². The van der Waals surface area contributed by atoms with E-state index in [1.54, 1.807) is 18.8 Å². The molecular weight excluding hydrogens is 334 g/mol. The Morgan fingerprint density at radius 3 is 2.39 bits per heavy atom. The second kappa shape index (κ2) is 8.57. The van der Waals surface area contributed by atoms with Gasteiger partial charge in [-0.1, -0.05) is 11.6 Å². The van der Waals surface area contributed by atoms with E-state index < -0.39 is 0 Å². The van der Waals surface area contributed by atoms with E-state index in [9.17, 15) is 9.59 Å². The van der Waals surface area contributed by atoms with Gasteiger partial charge in [-0.25, -0.2) is 0 Å². The van der Waals surface area contributed by atoms with Crippen molar-refractivity contribution in [3.05, 3.63) is 29.3 Å². The molecule has 5 nitrogen and oxygen atoms in total. The van der Waals surface area contributed by atoms with Gasteiger partial charge in [0.15, 0.2) is 0 Å². The van der Waals surface area contributed by atoms with Gasteiger partial charge in [0, 0.05) is 43.1 Å². The summed E-state index contributed by atoms with van der Waals surface area (Å²) in [5, 5.41) is 3.18. The molecule has 1 aliphatic heterocycles. The average Bonchev–Trinajstić information content (AvgIpc) is 2.56. The number of carbonyl (C=O) groups excluding carboxylic acids is 2. The minimum absolute atomic E-state index is 0.0106. The molecule has 0 aromatic heterocycles. The summed E-state index contributed by atoms with van der Waals surface area (Å²) in [5.41, 5.74) is 0. The van der Waals surface area contributed by atoms with Gasteiger partial charge < -0.3 is 10.2 Å². The largest absolute Gasteiger partial charge is 0.358 e. The molecule has 1 heterocycles. The molecule has 1 atom stereocenters. The van der Waals surface area contributed by atoms with Crippen molar-refractivity contribution >= 4 is 35.2 Å². The van der Waals surface area contributed by atoms with Crippen molar-refractivity contribution in [2.75, 3.05) is 39.8 Å². The number of benzene rings is 1. The molecular formula is C16H22ClN3O2S. The number of nitrogens with one attached hydrogen (secondary N) is 1. The number of halogens is 1. The summed E-state index contributed by atoms with van der Waals surface area (Å²) in [6.45, 7) is 5.13. The van der Waals surface area contributed by atoms with Crippen LogP contribution in [0.4, 0.5) is 0 Å². The molecule has 1 N–H and O–H groups in total. The maximum atomic E-state index is 12.5. The predicted octanol–water partition coefficient (Wildman–Crippen LogP) is 1.71. The van der Waals surface area contributed by atoms with Crippen LogP contribution in [-0.4, -0.2) is 66.6 Å². The highest BCUT2D eigenvalue weighted by atomic mass is 35.5. The van der Waals surface area contributed by atoms with Gasteiger partial charge in [0.1, 0.15) is 0 Å². The Kier molecular flexibility index (Phi) is 6.74. The van der Waals surface area contributed by atoms with E-state index in [1.807, 2.05) is 36.1 Å². The van der Waals surface area contributed by atoms with Gasteiger partial charge in [-0.3, -0.25) is 14.5 Å². The van der Waals surface area contributed by atoms with E-state index in [0.29, 0.717) is 24.7 Å². The smallest absolute Gasteiger partial charge is 0.235 e. The molecule has 7 heteroatoms. The first kappa shape index (κ1) is 18.1. The van der Waals surface area contributed by atoms with Crippen molar-refractivity contribution in [3.8, 4) is 0 Å². The minimum Gasteiger partial charge on any atom is -0.358 e. The number of likely N-dealkylation sites (N-methyl/N-ethyl adjacent to an activating group) is 1. The van der Waals surface area contributed by atoms with E-state index >= 15 is 0 Å². The maximum Gasteiger partial charge on any atom is 0.235 e. The molecule has 0 bridgehead atoms. The van der Waals surface area contributed by atoms with Crippen LogP contribution in [0.15, 0.2) is 29.2 Å². The number of thioether (sulfide) groups is 1. The molecule has 126 valence electrons. The van der Waals surface area contributed by atoms with Crippen molar-refractivity contribution < 1.29 is 9.59 Å². The summed E-state index contributed by atoms with van der Waals surface area (Å²) >= 11 is 7.42. The third-order valence-corrected chi connectivity index (χ3v) is 5.16. The summed E-state index contributed by atoms with van der Waals surface area (Å²) in [7, 11) is 1.64. The first-order chi connectivity index (χ1) is 11.0. The molecule has 1 aliphatic rings. The molecule has 1 aromatic carbocycles. The highest BCUT2D eigenvalue weighted by Gasteiger charge is 2.26. The zero-order valence-electron chi connectivity index (χ0n) is 13.4. The molecule has 1 aromatic rings. The van der Waals surface area contributed by atoms with Crippen LogP contribution < -0.4 is 5.32 Å². The van der Waals surface area contributed by atoms with Crippen LogP contribution in [0.3, 0.4) is 0 Å². The van der Waals surface area contributed by atoms with E-state index in [-0.39, 0.29) is 17.1 Å². The summed E-state index contributed by atoms with van der Waals surface area (Å²) in [6, 6.07) is 7.52. The second-order valence-corrected chi connectivity index (χ2v) is 7.34. The molecule has 2 amide bonds. The van der Waals surface area contributed by atoms with Gasteiger partial charge in [-0.05, 0) is 31.2 Å². The van der Waals surface area contributed by atoms with Gasteiger partial charge in [-0.15, -0.1) is 11.8 Å². The topological polar surface area (TPSA) is 52.7 Å². The van der Waals surface area contributed by atoms with Gasteiger partial charge in [-0.2, -0.15) is 0 Å². The zero-order valence-corrected chi connectivity index (χ0v) is 15.0. The molecule has 0 saturated carbocycles. The van der Waals surface area contributed by atoms with Gasteiger partial charge in [0.2, 0.25) is 11.8 Å². The van der Waals surface area contributed by atoms with Crippen LogP contribution in [0.2, 0.25) is 5.02 Å². The maximum absolute atomic E-state index is 12.5. The van der Waals surface area contributed by atoms with Crippen molar-refractivity contribution in [3.63, 3.8) is 0 Å². The number of rotatable bonds is 5. The highest BCUT2D eigenvalue weighted by Crippen LogP contribution is 2.26. The quantitative estimate of drug-likeness (QED) is 0.817. The van der Waals surface area contributed by atoms with Crippen molar-refractivity contribution in [1.82, 2.24) is 15.1 Å². The summed E-state index contributed by atoms with van der Waals surface area (Å²) in [5.74, 6) is 0.154. The molecule has 23 heavy (non-hydrogen) atoms. The number of hydrogen-bond acceptors (Lipinski definition) is 4. The van der Waals surface area contributed by atoms with Crippen LogP contribution in [0.5, 0.6) is 0 Å². The Bertz CT molecular complexity index is 545. The lowest BCUT2D eigenvalue weighted by atomic mass is 10.3. The SMILES string of the molecule is CNC(=O)CN1CCN(C(=O)C(C)Sc2ccc(Cl)cc2)CC1. The molecule has 1 fully saturated rings. The molecule has 1 saturated heterocycles. The number of amides is 2. The number of nitrogens with zero attached hydrogens (tertiary/aromatic N) is 2. The highest BCUT2D eigenvalue weighted by molar-refractivity contribution is 8.00. The van der Waals surface area contributed by atoms with E-state index in [2.05, 4.69) is 10.2 Å². The Hall–Kier alpha value is -1.24. The lowest BCUT2D eigenvalue weighted by Crippen LogP contribution is -2.52. The summed E-state index contributed by atoms with van der Waals surface area (Å²) in [4.78, 5) is 28.9. The van der Waals surface area contributed by atoms with Crippen LogP contribution >= 0.6 is 23.4 Å². The lowest BCUT2D eigenvalue weighted by molar-refractivity contribution is -0.132. The van der Waals surface area contributed by atoms with Crippen LogP contribution in [0.1, 0.15) is 6.92 Å². The van der Waals surface area contributed by atoms with Crippen LogP contribution in [-0.2, 0) is 9.59 Å². The fourth-order valence-electron chi connectivity index (χ4n) is 2.43. The van der Waals surface area contributed by atoms with E-state index in [0.717, 1.165) is 18.0 Å². The van der Waals surface area contributed by atoms with Gasteiger partial charge in [0.05, 0.1) is 11.8 Å². The fraction of sp³-hybridized carbons (Fsp3) is 0.500. The Balaban J connectivity index is 1.81. The molecule has 1 unspecified atom stereocenters. The summed E-state index contributed by atoms with van der Waals surface area (Å²) in [6.07, 6.45) is 0. The molecule has 0 radical (unpaired) electrons. The van der Waals surface area contributed by atoms with Gasteiger partial charge in [0.25, 0.3) is 0 Å². The van der Waals surface area contributed by atoms with E-state index in [1.165, 1.54) is 0 Å². The van der Waals surface area contributed by atoms with Crippen molar-refractivity contribution in [2.24, 2.45) is 0 Å². The lowest BCUT2D eigenvalue weighted by Gasteiger charge is -2.35. The molecule has 0 spiro atoms. The first-order valence-electron chi connectivity index (χ1n) is 7.63. The Morgan fingerprint density at radius 1 is 1.22 bits per heavy atom. The molecule has 2 rings (SSSR count). The van der Waals surface area contributed by atoms with Crippen molar-refractivity contribution in [1.29, 1.82) is 0 Å². The molecule has 0 aliphatic carbocycles. The Labute approximate surface area is 146 Å². The van der Waals surface area contributed by atoms with Crippen LogP contribution in [0, 0.1) is 0 Å². The number of piperazine rings is 1. The third-order valence-electron chi connectivity index (χ3n) is 3.80. The third kappa shape index (κ3) is 5.41. The average molecular weight is 356 g/mol. The fourth-order valence-corrected chi connectivity index (χ4v) is 3.51. The van der Waals surface area contributed by atoms with E-state index in [4.69, 9.17) is 11.6 Å². The van der Waals surface area contributed by atoms with Crippen LogP contribution in [0.25, 0.3) is 0 Å². The normalized spacial score (nSPS) is 16.9. The number of hydrogen-bond donors (Lipinski definition) is 1. The van der Waals surface area contributed by atoms with Crippen molar-refractivity contribution in [2.45, 2.75) is 17.1 Å². The number of carbonyl (C=O) groups is 2. The minimum atomic E-state index is -0.137. The second-order valence-electron chi connectivity index (χ2n) is 5.49. The summed E-state index contributed by atoms with van der Waals surface area (Å²) < 4.78 is 0. The predicted molar refractivity (Wildman–Crippen MR) is 93.9 cm³/mol. The monoisotopic (exact) mass is 355 g/mol. The first-order valence-corrected chi connectivity index (χ1v) is 8.89. The zero-order chi connectivity index (χ0) is 16.8. The standard InChI is InChI=1S/C16H22ClN3O2S/c1-12(23-14-5-3-13(17)4-6-14)16(22)20-9-7-19(8-10-20)11-15(21)18-2/h3-6,12H,7-11H2,1-2H3,(H,18,21). The Morgan fingerprint density at radius 2 is 1.83 bits per heavy atom.